The van der Waals surface area contributed by atoms with Crippen LogP contribution >= 0.6 is 0 Å². The first-order valence-electron chi connectivity index (χ1n) is 7.29. The van der Waals surface area contributed by atoms with Gasteiger partial charge in [0.25, 0.3) is 5.91 Å². The highest BCUT2D eigenvalue weighted by atomic mass is 16.2. The van der Waals surface area contributed by atoms with Crippen LogP contribution in [-0.4, -0.2) is 38.0 Å². The highest BCUT2D eigenvalue weighted by Crippen LogP contribution is 2.21. The Hall–Kier alpha value is -3.02. The summed E-state index contributed by atoms with van der Waals surface area (Å²) in [5.74, 6) is -0.0488. The van der Waals surface area contributed by atoms with Crippen molar-refractivity contribution in [2.75, 3.05) is 7.05 Å². The number of carbonyl (C=O) groups is 1. The fraction of sp³-hybridized carbons (Fsp3) is 0.176. The Kier molecular flexibility index (Phi) is 4.14. The number of benzene rings is 1. The summed E-state index contributed by atoms with van der Waals surface area (Å²) >= 11 is 0. The fourth-order valence-electron chi connectivity index (χ4n) is 2.33. The number of nitrogens with one attached hydrogen (secondary N) is 1. The van der Waals surface area contributed by atoms with Gasteiger partial charge in [-0.25, -0.2) is 9.97 Å². The standard InChI is InChI=1S/C17H17N5O/c1-12(15-7-9-18-11-19-15)22(2)17(23)14-5-3-13(4-6-14)16-8-10-20-21-16/h3-12H,1-2H3,(H,20,21). The monoisotopic (exact) mass is 307 g/mol. The van der Waals surface area contributed by atoms with Crippen molar-refractivity contribution < 1.29 is 4.79 Å². The number of nitrogens with zero attached hydrogens (tertiary/aromatic N) is 4. The Morgan fingerprint density at radius 1 is 1.13 bits per heavy atom. The lowest BCUT2D eigenvalue weighted by molar-refractivity contribution is 0.0739. The molecule has 0 saturated heterocycles. The van der Waals surface area contributed by atoms with Crippen LogP contribution in [0.1, 0.15) is 29.0 Å². The van der Waals surface area contributed by atoms with Crippen molar-refractivity contribution in [2.45, 2.75) is 13.0 Å². The summed E-state index contributed by atoms with van der Waals surface area (Å²) in [6, 6.07) is 11.0. The molecule has 0 saturated carbocycles. The predicted molar refractivity (Wildman–Crippen MR) is 86.6 cm³/mol. The van der Waals surface area contributed by atoms with E-state index in [0.717, 1.165) is 17.0 Å². The Morgan fingerprint density at radius 3 is 2.52 bits per heavy atom. The highest BCUT2D eigenvalue weighted by molar-refractivity contribution is 5.94. The van der Waals surface area contributed by atoms with E-state index in [0.29, 0.717) is 5.56 Å². The molecule has 3 aromatic rings. The first kappa shape index (κ1) is 14.9. The molecule has 116 valence electrons. The number of amides is 1. The molecule has 0 radical (unpaired) electrons. The predicted octanol–water partition coefficient (Wildman–Crippen LogP) is 2.70. The Morgan fingerprint density at radius 2 is 1.91 bits per heavy atom. The molecule has 1 aromatic carbocycles. The molecular formula is C17H17N5O. The summed E-state index contributed by atoms with van der Waals surface area (Å²) < 4.78 is 0. The molecule has 2 heterocycles. The Labute approximate surface area is 134 Å². The van der Waals surface area contributed by atoms with Gasteiger partial charge in [0.15, 0.2) is 0 Å². The van der Waals surface area contributed by atoms with Crippen LogP contribution in [0.25, 0.3) is 11.3 Å². The summed E-state index contributed by atoms with van der Waals surface area (Å²) in [5.41, 5.74) is 3.36. The van der Waals surface area contributed by atoms with Gasteiger partial charge in [0.05, 0.1) is 17.4 Å². The van der Waals surface area contributed by atoms with E-state index in [4.69, 9.17) is 0 Å². The van der Waals surface area contributed by atoms with Crippen LogP contribution in [0.5, 0.6) is 0 Å². The van der Waals surface area contributed by atoms with Gasteiger partial charge in [-0.3, -0.25) is 9.89 Å². The van der Waals surface area contributed by atoms with Crippen LogP contribution in [-0.2, 0) is 0 Å². The number of hydrogen-bond donors (Lipinski definition) is 1. The van der Waals surface area contributed by atoms with Crippen molar-refractivity contribution in [2.24, 2.45) is 0 Å². The number of H-pyrrole nitrogens is 1. The molecule has 1 unspecified atom stereocenters. The van der Waals surface area contributed by atoms with Crippen LogP contribution in [0.4, 0.5) is 0 Å². The lowest BCUT2D eigenvalue weighted by Gasteiger charge is -2.24. The van der Waals surface area contributed by atoms with Crippen molar-refractivity contribution in [1.82, 2.24) is 25.1 Å². The van der Waals surface area contributed by atoms with E-state index in [1.54, 1.807) is 24.3 Å². The summed E-state index contributed by atoms with van der Waals surface area (Å²) in [5, 5.41) is 6.83. The molecule has 0 bridgehead atoms. The maximum absolute atomic E-state index is 12.6. The molecule has 0 aliphatic rings. The van der Waals surface area contributed by atoms with Crippen LogP contribution in [0.2, 0.25) is 0 Å². The molecule has 2 aromatic heterocycles. The maximum Gasteiger partial charge on any atom is 0.254 e. The molecule has 23 heavy (non-hydrogen) atoms. The van der Waals surface area contributed by atoms with Crippen LogP contribution in [0, 0.1) is 0 Å². The smallest absolute Gasteiger partial charge is 0.254 e. The Balaban J connectivity index is 1.77. The first-order chi connectivity index (χ1) is 11.2. The van der Waals surface area contributed by atoms with E-state index in [-0.39, 0.29) is 11.9 Å². The van der Waals surface area contributed by atoms with E-state index >= 15 is 0 Å². The van der Waals surface area contributed by atoms with Crippen molar-refractivity contribution >= 4 is 5.91 Å². The van der Waals surface area contributed by atoms with Crippen LogP contribution < -0.4 is 0 Å². The van der Waals surface area contributed by atoms with Gasteiger partial charge >= 0.3 is 0 Å². The van der Waals surface area contributed by atoms with E-state index < -0.39 is 0 Å². The summed E-state index contributed by atoms with van der Waals surface area (Å²) in [7, 11) is 1.78. The van der Waals surface area contributed by atoms with Crippen LogP contribution in [0.3, 0.4) is 0 Å². The van der Waals surface area contributed by atoms with Gasteiger partial charge in [-0.2, -0.15) is 5.10 Å². The quantitative estimate of drug-likeness (QED) is 0.804. The topological polar surface area (TPSA) is 74.8 Å². The number of aromatic amines is 1. The molecule has 1 amide bonds. The number of hydrogen-bond acceptors (Lipinski definition) is 4. The van der Waals surface area contributed by atoms with Gasteiger partial charge in [0, 0.05) is 25.0 Å². The van der Waals surface area contributed by atoms with Gasteiger partial charge in [-0.15, -0.1) is 0 Å². The zero-order chi connectivity index (χ0) is 16.2. The number of carbonyl (C=O) groups excluding carboxylic acids is 1. The average molecular weight is 307 g/mol. The second kappa shape index (κ2) is 6.39. The Bertz CT molecular complexity index is 769. The largest absolute Gasteiger partial charge is 0.333 e. The molecule has 6 nitrogen and oxygen atoms in total. The normalized spacial score (nSPS) is 11.9. The molecule has 1 atom stereocenters. The third kappa shape index (κ3) is 3.11. The molecule has 3 rings (SSSR count). The SMILES string of the molecule is CC(c1ccncn1)N(C)C(=O)c1ccc(-c2ccn[nH]2)cc1. The third-order valence-electron chi connectivity index (χ3n) is 3.88. The number of aromatic nitrogens is 4. The molecule has 0 spiro atoms. The van der Waals surface area contributed by atoms with Gasteiger partial charge in [0.1, 0.15) is 6.33 Å². The second-order valence-electron chi connectivity index (χ2n) is 5.27. The molecule has 0 fully saturated rings. The molecule has 6 heteroatoms. The van der Waals surface area contributed by atoms with Crippen molar-refractivity contribution in [3.05, 3.63) is 66.4 Å². The van der Waals surface area contributed by atoms with Gasteiger partial charge in [-0.05, 0) is 36.8 Å². The molecule has 1 N–H and O–H groups in total. The van der Waals surface area contributed by atoms with Crippen LogP contribution in [0.15, 0.2) is 55.1 Å². The van der Waals surface area contributed by atoms with Crippen molar-refractivity contribution in [3.8, 4) is 11.3 Å². The summed E-state index contributed by atoms with van der Waals surface area (Å²) in [6.45, 7) is 1.94. The summed E-state index contributed by atoms with van der Waals surface area (Å²) in [6.07, 6.45) is 4.87. The maximum atomic E-state index is 12.6. The average Bonchev–Trinajstić information content (AvgIpc) is 3.15. The zero-order valence-electron chi connectivity index (χ0n) is 13.0. The third-order valence-corrected chi connectivity index (χ3v) is 3.88. The minimum absolute atomic E-state index is 0.0488. The minimum Gasteiger partial charge on any atom is -0.333 e. The lowest BCUT2D eigenvalue weighted by Crippen LogP contribution is -2.30. The first-order valence-corrected chi connectivity index (χ1v) is 7.29. The van der Waals surface area contributed by atoms with Gasteiger partial charge < -0.3 is 4.90 Å². The van der Waals surface area contributed by atoms with Crippen molar-refractivity contribution in [1.29, 1.82) is 0 Å². The second-order valence-corrected chi connectivity index (χ2v) is 5.27. The van der Waals surface area contributed by atoms with E-state index in [1.807, 2.05) is 43.3 Å². The van der Waals surface area contributed by atoms with E-state index in [1.165, 1.54) is 6.33 Å². The van der Waals surface area contributed by atoms with E-state index in [9.17, 15) is 4.79 Å². The highest BCUT2D eigenvalue weighted by Gasteiger charge is 2.19. The van der Waals surface area contributed by atoms with Crippen molar-refractivity contribution in [3.63, 3.8) is 0 Å². The zero-order valence-corrected chi connectivity index (χ0v) is 13.0. The molecule has 0 aliphatic carbocycles. The van der Waals surface area contributed by atoms with Gasteiger partial charge in [-0.1, -0.05) is 12.1 Å². The lowest BCUT2D eigenvalue weighted by atomic mass is 10.1. The number of rotatable bonds is 4. The minimum atomic E-state index is -0.127. The van der Waals surface area contributed by atoms with E-state index in [2.05, 4.69) is 20.2 Å². The molecular weight excluding hydrogens is 290 g/mol. The van der Waals surface area contributed by atoms with Gasteiger partial charge in [0.2, 0.25) is 0 Å². The molecule has 0 aliphatic heterocycles. The fourth-order valence-corrected chi connectivity index (χ4v) is 2.33. The summed E-state index contributed by atoms with van der Waals surface area (Å²) in [4.78, 5) is 22.4.